The van der Waals surface area contributed by atoms with Crippen LogP contribution in [0.4, 0.5) is 0 Å². The van der Waals surface area contributed by atoms with Gasteiger partial charge in [-0.1, -0.05) is 145 Å². The molecule has 0 saturated heterocycles. The van der Waals surface area contributed by atoms with Crippen LogP contribution in [0.1, 0.15) is 33.4 Å². The van der Waals surface area contributed by atoms with E-state index in [2.05, 4.69) is 164 Å². The number of fused-ring (bicyclic) bond motifs is 9. The predicted octanol–water partition coefficient (Wildman–Crippen LogP) is 12.0. The van der Waals surface area contributed by atoms with Gasteiger partial charge in [0.1, 0.15) is 0 Å². The molecule has 2 heterocycles. The van der Waals surface area contributed by atoms with Crippen LogP contribution in [0.2, 0.25) is 0 Å². The van der Waals surface area contributed by atoms with Gasteiger partial charge >= 0.3 is 0 Å². The molecule has 0 saturated carbocycles. The molecule has 2 aliphatic carbocycles. The maximum Gasteiger partial charge on any atom is 0.160 e. The lowest BCUT2D eigenvalue weighted by molar-refractivity contribution is 0.722. The van der Waals surface area contributed by atoms with Gasteiger partial charge in [-0.25, -0.2) is 9.97 Å². The van der Waals surface area contributed by atoms with Crippen LogP contribution in [-0.4, -0.2) is 9.97 Å². The van der Waals surface area contributed by atoms with Crippen molar-refractivity contribution in [2.24, 2.45) is 0 Å². The van der Waals surface area contributed by atoms with Gasteiger partial charge in [0.05, 0.1) is 16.8 Å². The summed E-state index contributed by atoms with van der Waals surface area (Å²) in [5.41, 5.74) is 15.1. The van der Waals surface area contributed by atoms with E-state index in [0.29, 0.717) is 0 Å². The van der Waals surface area contributed by atoms with E-state index in [9.17, 15) is 0 Å². The number of aromatic nitrogens is 2. The third-order valence-corrected chi connectivity index (χ3v) is 12.1. The number of benzene rings is 7. The predicted molar refractivity (Wildman–Crippen MR) is 210 cm³/mol. The Morgan fingerprint density at radius 2 is 1.18 bits per heavy atom. The second-order valence-corrected chi connectivity index (χ2v) is 14.7. The smallest absolute Gasteiger partial charge is 0.160 e. The van der Waals surface area contributed by atoms with Gasteiger partial charge in [0, 0.05) is 26.5 Å². The van der Waals surface area contributed by atoms with E-state index in [4.69, 9.17) is 9.97 Å². The number of rotatable bonds is 3. The highest BCUT2D eigenvalue weighted by Crippen LogP contribution is 2.62. The number of hydrogen-bond acceptors (Lipinski definition) is 3. The Labute approximate surface area is 301 Å². The normalized spacial score (nSPS) is 14.2. The van der Waals surface area contributed by atoms with Crippen molar-refractivity contribution in [3.05, 3.63) is 197 Å². The van der Waals surface area contributed by atoms with Crippen LogP contribution in [-0.2, 0) is 11.8 Å². The highest BCUT2D eigenvalue weighted by Gasteiger charge is 2.50. The van der Waals surface area contributed by atoms with Gasteiger partial charge < -0.3 is 0 Å². The second-order valence-electron chi connectivity index (χ2n) is 13.7. The summed E-state index contributed by atoms with van der Waals surface area (Å²) in [7, 11) is 0. The fourth-order valence-corrected chi connectivity index (χ4v) is 9.95. The first-order chi connectivity index (χ1) is 25.3. The average Bonchev–Trinajstić information content (AvgIpc) is 3.49. The van der Waals surface area contributed by atoms with Crippen molar-refractivity contribution in [3.8, 4) is 45.0 Å². The first-order valence-corrected chi connectivity index (χ1v) is 18.4. The molecule has 1 aromatic heterocycles. The molecular formula is C48H30N2S. The fourth-order valence-electron chi connectivity index (χ4n) is 8.78. The Morgan fingerprint density at radius 1 is 0.490 bits per heavy atom. The topological polar surface area (TPSA) is 25.8 Å². The summed E-state index contributed by atoms with van der Waals surface area (Å²) in [5, 5.41) is 2.59. The minimum atomic E-state index is -0.441. The minimum Gasteiger partial charge on any atom is -0.228 e. The monoisotopic (exact) mass is 666 g/mol. The summed E-state index contributed by atoms with van der Waals surface area (Å²) in [6.45, 7) is 0. The number of nitrogens with zero attached hydrogens (tertiary/aromatic N) is 2. The van der Waals surface area contributed by atoms with E-state index >= 15 is 0 Å². The largest absolute Gasteiger partial charge is 0.228 e. The molecule has 11 rings (SSSR count). The fraction of sp³-hybridized carbons (Fsp3) is 0.0417. The zero-order chi connectivity index (χ0) is 33.5. The van der Waals surface area contributed by atoms with Crippen molar-refractivity contribution in [1.82, 2.24) is 9.97 Å². The lowest BCUT2D eigenvalue weighted by Crippen LogP contribution is -2.32. The quantitative estimate of drug-likeness (QED) is 0.188. The molecule has 3 heteroatoms. The Hall–Kier alpha value is -6.03. The molecule has 0 amide bonds. The number of allylic oxidation sites excluding steroid dienone is 1. The summed E-state index contributed by atoms with van der Waals surface area (Å²) in [6, 6.07) is 57.7. The summed E-state index contributed by atoms with van der Waals surface area (Å²) >= 11 is 1.87. The van der Waals surface area contributed by atoms with Crippen LogP contribution >= 0.6 is 11.8 Å². The maximum absolute atomic E-state index is 5.29. The molecule has 3 aliphatic rings. The zero-order valence-corrected chi connectivity index (χ0v) is 28.5. The Morgan fingerprint density at radius 3 is 1.98 bits per heavy atom. The standard InChI is InChI=1S/C48H30N2S/c1-2-12-31(13-3-1)47-49-42(29-43(50-47)35-26-33-16-10-14-30-15-11-17-34(27-35)46(30)33)32-24-25-45-41(28-32)48(40-22-8-9-23-44(40)51-45)38-20-6-4-18-36(38)37-19-5-7-21-39(37)48/h1-14,16-29H,15H2. The van der Waals surface area contributed by atoms with Crippen molar-refractivity contribution >= 4 is 28.6 Å². The van der Waals surface area contributed by atoms with Crippen LogP contribution in [0.25, 0.3) is 61.9 Å². The Balaban J connectivity index is 1.17. The van der Waals surface area contributed by atoms with Gasteiger partial charge in [-0.05, 0) is 98.1 Å². The molecule has 0 unspecified atom stereocenters. The van der Waals surface area contributed by atoms with E-state index in [1.807, 2.05) is 17.8 Å². The Bertz CT molecular complexity index is 2720. The third kappa shape index (κ3) is 4.19. The van der Waals surface area contributed by atoms with Gasteiger partial charge in [-0.15, -0.1) is 0 Å². The highest BCUT2D eigenvalue weighted by molar-refractivity contribution is 7.99. The molecule has 2 nitrogen and oxygen atoms in total. The molecule has 7 aromatic carbocycles. The lowest BCUT2D eigenvalue weighted by Gasteiger charge is -2.39. The van der Waals surface area contributed by atoms with Gasteiger partial charge in [-0.3, -0.25) is 0 Å². The zero-order valence-electron chi connectivity index (χ0n) is 27.7. The molecule has 0 N–H and O–H groups in total. The number of hydrogen-bond donors (Lipinski definition) is 0. The summed E-state index contributed by atoms with van der Waals surface area (Å²) < 4.78 is 0. The maximum atomic E-state index is 5.29. The first kappa shape index (κ1) is 28.8. The van der Waals surface area contributed by atoms with E-state index < -0.39 is 5.41 Å². The lowest BCUT2D eigenvalue weighted by atomic mass is 9.67. The molecule has 51 heavy (non-hydrogen) atoms. The van der Waals surface area contributed by atoms with Crippen molar-refractivity contribution in [1.29, 1.82) is 0 Å². The van der Waals surface area contributed by atoms with Crippen molar-refractivity contribution in [2.45, 2.75) is 21.6 Å². The molecule has 0 radical (unpaired) electrons. The summed E-state index contributed by atoms with van der Waals surface area (Å²) in [5.74, 6) is 0.727. The van der Waals surface area contributed by atoms with Crippen LogP contribution < -0.4 is 0 Å². The molecule has 8 aromatic rings. The first-order valence-electron chi connectivity index (χ1n) is 17.5. The van der Waals surface area contributed by atoms with Crippen LogP contribution in [0, 0.1) is 0 Å². The van der Waals surface area contributed by atoms with E-state index in [-0.39, 0.29) is 0 Å². The van der Waals surface area contributed by atoms with E-state index in [0.717, 1.165) is 40.3 Å². The molecule has 0 atom stereocenters. The van der Waals surface area contributed by atoms with Gasteiger partial charge in [0.2, 0.25) is 0 Å². The molecule has 238 valence electrons. The van der Waals surface area contributed by atoms with Crippen molar-refractivity contribution in [2.75, 3.05) is 0 Å². The summed E-state index contributed by atoms with van der Waals surface area (Å²) in [6.07, 6.45) is 5.49. The van der Waals surface area contributed by atoms with Crippen molar-refractivity contribution < 1.29 is 0 Å². The Kier molecular flexibility index (Phi) is 6.20. The van der Waals surface area contributed by atoms with Gasteiger partial charge in [0.25, 0.3) is 0 Å². The van der Waals surface area contributed by atoms with Crippen molar-refractivity contribution in [3.63, 3.8) is 0 Å². The molecule has 1 spiro atoms. The average molecular weight is 667 g/mol. The molecule has 1 aliphatic heterocycles. The van der Waals surface area contributed by atoms with Crippen LogP contribution in [0.3, 0.4) is 0 Å². The highest BCUT2D eigenvalue weighted by atomic mass is 32.2. The minimum absolute atomic E-state index is 0.441. The van der Waals surface area contributed by atoms with Gasteiger partial charge in [0.15, 0.2) is 5.82 Å². The van der Waals surface area contributed by atoms with Crippen LogP contribution in [0.15, 0.2) is 174 Å². The third-order valence-electron chi connectivity index (χ3n) is 10.9. The van der Waals surface area contributed by atoms with E-state index in [1.165, 1.54) is 65.1 Å². The summed E-state index contributed by atoms with van der Waals surface area (Å²) in [4.78, 5) is 13.1. The van der Waals surface area contributed by atoms with Crippen LogP contribution in [0.5, 0.6) is 0 Å². The van der Waals surface area contributed by atoms with E-state index in [1.54, 1.807) is 0 Å². The SMILES string of the molecule is C1=Cc2cc(-c3cc(-c4ccc5c(c4)C4(c6ccccc6S5)c5ccccc5-c5ccccc54)nc(-c4ccccc4)n3)cc3cccc(c23)C1. The second kappa shape index (κ2) is 11.0. The van der Waals surface area contributed by atoms with Gasteiger partial charge in [-0.2, -0.15) is 0 Å². The molecule has 0 fully saturated rings. The molecular weight excluding hydrogens is 637 g/mol. The molecule has 0 bridgehead atoms.